The summed E-state index contributed by atoms with van der Waals surface area (Å²) in [6, 6.07) is 10.7. The predicted molar refractivity (Wildman–Crippen MR) is 75.9 cm³/mol. The van der Waals surface area contributed by atoms with Crippen molar-refractivity contribution < 1.29 is 0 Å². The van der Waals surface area contributed by atoms with E-state index in [9.17, 15) is 0 Å². The lowest BCUT2D eigenvalue weighted by Gasteiger charge is -2.23. The molecule has 1 aliphatic rings. The molecular weight excluding hydrogens is 234 g/mol. The van der Waals surface area contributed by atoms with Crippen molar-refractivity contribution in [2.75, 3.05) is 0 Å². The number of rotatable bonds is 2. The van der Waals surface area contributed by atoms with Crippen molar-refractivity contribution in [1.29, 1.82) is 0 Å². The highest BCUT2D eigenvalue weighted by Crippen LogP contribution is 2.31. The van der Waals surface area contributed by atoms with Crippen LogP contribution in [-0.4, -0.2) is 9.97 Å². The van der Waals surface area contributed by atoms with Crippen molar-refractivity contribution in [3.8, 4) is 0 Å². The highest BCUT2D eigenvalue weighted by Gasteiger charge is 2.22. The Labute approximate surface area is 113 Å². The number of nitrogens with zero attached hydrogens (tertiary/aromatic N) is 2. The van der Waals surface area contributed by atoms with Gasteiger partial charge in [-0.3, -0.25) is 0 Å². The van der Waals surface area contributed by atoms with Gasteiger partial charge in [0.25, 0.3) is 0 Å². The topological polar surface area (TPSA) is 51.8 Å². The SMILES string of the molecule is Cc1cc(CN)nc(C2CCc3ccccc3C2)n1. The molecule has 0 spiro atoms. The first-order chi connectivity index (χ1) is 9.26. The summed E-state index contributed by atoms with van der Waals surface area (Å²) in [7, 11) is 0. The van der Waals surface area contributed by atoms with Crippen LogP contribution in [0.15, 0.2) is 30.3 Å². The predicted octanol–water partition coefficient (Wildman–Crippen LogP) is 2.52. The van der Waals surface area contributed by atoms with Crippen molar-refractivity contribution in [1.82, 2.24) is 9.97 Å². The Morgan fingerprint density at radius 1 is 1.21 bits per heavy atom. The van der Waals surface area contributed by atoms with Gasteiger partial charge in [0.05, 0.1) is 5.69 Å². The molecule has 0 radical (unpaired) electrons. The van der Waals surface area contributed by atoms with Crippen molar-refractivity contribution >= 4 is 0 Å². The lowest BCUT2D eigenvalue weighted by atomic mass is 9.83. The van der Waals surface area contributed by atoms with E-state index in [1.54, 1.807) is 0 Å². The zero-order chi connectivity index (χ0) is 13.2. The van der Waals surface area contributed by atoms with Crippen LogP contribution in [0.3, 0.4) is 0 Å². The minimum absolute atomic E-state index is 0.431. The number of benzene rings is 1. The van der Waals surface area contributed by atoms with Gasteiger partial charge in [0.2, 0.25) is 0 Å². The fourth-order valence-electron chi connectivity index (χ4n) is 2.86. The second-order valence-electron chi connectivity index (χ2n) is 5.27. The Morgan fingerprint density at radius 3 is 2.79 bits per heavy atom. The van der Waals surface area contributed by atoms with Crippen LogP contribution in [0.2, 0.25) is 0 Å². The second kappa shape index (κ2) is 5.10. The Hall–Kier alpha value is -1.74. The minimum atomic E-state index is 0.431. The second-order valence-corrected chi connectivity index (χ2v) is 5.27. The standard InChI is InChI=1S/C16H19N3/c1-11-8-15(10-17)19-16(18-11)14-7-6-12-4-2-3-5-13(12)9-14/h2-5,8,14H,6-7,9-10,17H2,1H3. The third-order valence-electron chi connectivity index (χ3n) is 3.85. The first kappa shape index (κ1) is 12.3. The summed E-state index contributed by atoms with van der Waals surface area (Å²) in [6.07, 6.45) is 3.30. The molecule has 0 saturated carbocycles. The smallest absolute Gasteiger partial charge is 0.132 e. The number of aryl methyl sites for hydroxylation is 2. The van der Waals surface area contributed by atoms with Crippen molar-refractivity contribution in [3.63, 3.8) is 0 Å². The van der Waals surface area contributed by atoms with E-state index in [-0.39, 0.29) is 0 Å². The average Bonchev–Trinajstić information content (AvgIpc) is 2.46. The molecule has 2 N–H and O–H groups in total. The summed E-state index contributed by atoms with van der Waals surface area (Å²) in [5.41, 5.74) is 10.6. The molecule has 3 nitrogen and oxygen atoms in total. The zero-order valence-electron chi connectivity index (χ0n) is 11.3. The van der Waals surface area contributed by atoms with Gasteiger partial charge in [0.1, 0.15) is 5.82 Å². The lowest BCUT2D eigenvalue weighted by Crippen LogP contribution is -2.17. The Balaban J connectivity index is 1.90. The molecule has 1 aliphatic carbocycles. The molecule has 1 atom stereocenters. The van der Waals surface area contributed by atoms with E-state index in [2.05, 4.69) is 34.2 Å². The quantitative estimate of drug-likeness (QED) is 0.894. The molecular formula is C16H19N3. The average molecular weight is 253 g/mol. The van der Waals surface area contributed by atoms with E-state index >= 15 is 0 Å². The molecule has 1 aromatic carbocycles. The van der Waals surface area contributed by atoms with Gasteiger partial charge in [-0.05, 0) is 43.4 Å². The summed E-state index contributed by atoms with van der Waals surface area (Å²) < 4.78 is 0. The van der Waals surface area contributed by atoms with Gasteiger partial charge >= 0.3 is 0 Å². The van der Waals surface area contributed by atoms with Crippen LogP contribution in [0.5, 0.6) is 0 Å². The van der Waals surface area contributed by atoms with Crippen molar-refractivity contribution in [2.24, 2.45) is 5.73 Å². The van der Waals surface area contributed by atoms with Crippen molar-refractivity contribution in [3.05, 3.63) is 58.7 Å². The first-order valence-corrected chi connectivity index (χ1v) is 6.87. The summed E-state index contributed by atoms with van der Waals surface area (Å²) in [5.74, 6) is 1.40. The number of hydrogen-bond donors (Lipinski definition) is 1. The Morgan fingerprint density at radius 2 is 2.00 bits per heavy atom. The molecule has 3 rings (SSSR count). The maximum Gasteiger partial charge on any atom is 0.132 e. The van der Waals surface area contributed by atoms with Gasteiger partial charge < -0.3 is 5.73 Å². The minimum Gasteiger partial charge on any atom is -0.325 e. The van der Waals surface area contributed by atoms with Crippen LogP contribution >= 0.6 is 0 Å². The van der Waals surface area contributed by atoms with Gasteiger partial charge in [0.15, 0.2) is 0 Å². The van der Waals surface area contributed by atoms with E-state index in [1.807, 2.05) is 13.0 Å². The molecule has 1 aromatic heterocycles. The molecule has 0 fully saturated rings. The van der Waals surface area contributed by atoms with Crippen LogP contribution in [0.25, 0.3) is 0 Å². The molecule has 0 aliphatic heterocycles. The Kier molecular flexibility index (Phi) is 3.30. The first-order valence-electron chi connectivity index (χ1n) is 6.87. The maximum absolute atomic E-state index is 5.70. The number of fused-ring (bicyclic) bond motifs is 1. The fourth-order valence-corrected chi connectivity index (χ4v) is 2.86. The molecule has 0 amide bonds. The number of nitrogens with two attached hydrogens (primary N) is 1. The monoisotopic (exact) mass is 253 g/mol. The van der Waals surface area contributed by atoms with Crippen LogP contribution in [0.1, 0.15) is 40.7 Å². The van der Waals surface area contributed by atoms with Crippen molar-refractivity contribution in [2.45, 2.75) is 38.6 Å². The normalized spacial score (nSPS) is 18.1. The van der Waals surface area contributed by atoms with Crippen LogP contribution in [0, 0.1) is 6.92 Å². The van der Waals surface area contributed by atoms with Crippen LogP contribution < -0.4 is 5.73 Å². The molecule has 2 aromatic rings. The molecule has 19 heavy (non-hydrogen) atoms. The van der Waals surface area contributed by atoms with E-state index in [0.29, 0.717) is 12.5 Å². The van der Waals surface area contributed by atoms with Gasteiger partial charge in [-0.25, -0.2) is 9.97 Å². The van der Waals surface area contributed by atoms with Gasteiger partial charge in [-0.1, -0.05) is 24.3 Å². The molecule has 1 unspecified atom stereocenters. The highest BCUT2D eigenvalue weighted by atomic mass is 14.9. The third kappa shape index (κ3) is 2.51. The molecule has 1 heterocycles. The third-order valence-corrected chi connectivity index (χ3v) is 3.85. The van der Waals surface area contributed by atoms with Gasteiger partial charge in [-0.15, -0.1) is 0 Å². The highest BCUT2D eigenvalue weighted by molar-refractivity contribution is 5.31. The zero-order valence-corrected chi connectivity index (χ0v) is 11.3. The summed E-state index contributed by atoms with van der Waals surface area (Å²) in [6.45, 7) is 2.50. The van der Waals surface area contributed by atoms with E-state index in [1.165, 1.54) is 11.1 Å². The summed E-state index contributed by atoms with van der Waals surface area (Å²) in [5, 5.41) is 0. The number of aromatic nitrogens is 2. The van der Waals surface area contributed by atoms with E-state index in [4.69, 9.17) is 5.73 Å². The summed E-state index contributed by atoms with van der Waals surface area (Å²) in [4.78, 5) is 9.22. The van der Waals surface area contributed by atoms with E-state index in [0.717, 1.165) is 36.5 Å². The van der Waals surface area contributed by atoms with Crippen LogP contribution in [0.4, 0.5) is 0 Å². The fraction of sp³-hybridized carbons (Fsp3) is 0.375. The maximum atomic E-state index is 5.70. The Bertz CT molecular complexity index is 592. The molecule has 0 bridgehead atoms. The molecule has 3 heteroatoms. The van der Waals surface area contributed by atoms with Gasteiger partial charge in [0, 0.05) is 18.2 Å². The lowest BCUT2D eigenvalue weighted by molar-refractivity contribution is 0.550. The summed E-state index contributed by atoms with van der Waals surface area (Å²) >= 11 is 0. The van der Waals surface area contributed by atoms with Crippen LogP contribution in [-0.2, 0) is 19.4 Å². The van der Waals surface area contributed by atoms with Gasteiger partial charge in [-0.2, -0.15) is 0 Å². The number of hydrogen-bond acceptors (Lipinski definition) is 3. The van der Waals surface area contributed by atoms with E-state index < -0.39 is 0 Å². The largest absolute Gasteiger partial charge is 0.325 e. The molecule has 98 valence electrons. The molecule has 0 saturated heterocycles.